The van der Waals surface area contributed by atoms with Crippen molar-refractivity contribution in [2.24, 2.45) is 5.14 Å². The molecular formula is C25H33N5O5S3. The summed E-state index contributed by atoms with van der Waals surface area (Å²) in [7, 11) is -7.62. The number of aryl methyl sites for hydroxylation is 2. The van der Waals surface area contributed by atoms with Crippen molar-refractivity contribution in [3.8, 4) is 0 Å². The number of carbonyl (C=O) groups excluding carboxylic acids is 1. The van der Waals surface area contributed by atoms with Gasteiger partial charge in [0.05, 0.1) is 27.4 Å². The third-order valence-electron chi connectivity index (χ3n) is 6.42. The second-order valence-electron chi connectivity index (χ2n) is 9.40. The number of imidazole rings is 1. The SMILES string of the molecule is CCCCn1c(SCC(=O)Nc2ccc(C)cc2S(=O)(=O)N2CCCCC2)nc2cc(S(N)(=O)=O)ccc21. The van der Waals surface area contributed by atoms with E-state index in [-0.39, 0.29) is 27.1 Å². The summed E-state index contributed by atoms with van der Waals surface area (Å²) in [6, 6.07) is 9.54. The lowest BCUT2D eigenvalue weighted by atomic mass is 10.2. The van der Waals surface area contributed by atoms with Crippen LogP contribution in [-0.4, -0.2) is 55.4 Å². The zero-order valence-corrected chi connectivity index (χ0v) is 24.0. The summed E-state index contributed by atoms with van der Waals surface area (Å²) < 4.78 is 53.8. The largest absolute Gasteiger partial charge is 0.324 e. The van der Waals surface area contributed by atoms with Gasteiger partial charge in [-0.25, -0.2) is 27.0 Å². The fourth-order valence-electron chi connectivity index (χ4n) is 4.41. The highest BCUT2D eigenvalue weighted by Crippen LogP contribution is 2.30. The van der Waals surface area contributed by atoms with Gasteiger partial charge in [-0.15, -0.1) is 0 Å². The molecule has 2 aromatic carbocycles. The van der Waals surface area contributed by atoms with Crippen molar-refractivity contribution in [1.29, 1.82) is 0 Å². The van der Waals surface area contributed by atoms with Gasteiger partial charge in [0.1, 0.15) is 4.90 Å². The van der Waals surface area contributed by atoms with Crippen LogP contribution in [0.4, 0.5) is 5.69 Å². The van der Waals surface area contributed by atoms with E-state index < -0.39 is 20.0 Å². The molecule has 206 valence electrons. The first kappa shape index (κ1) is 28.6. The Balaban J connectivity index is 1.55. The van der Waals surface area contributed by atoms with Crippen LogP contribution in [0, 0.1) is 6.92 Å². The quantitative estimate of drug-likeness (QED) is 0.349. The van der Waals surface area contributed by atoms with Gasteiger partial charge in [0, 0.05) is 19.6 Å². The van der Waals surface area contributed by atoms with Crippen LogP contribution in [0.15, 0.2) is 51.3 Å². The molecule has 3 aromatic rings. The van der Waals surface area contributed by atoms with Gasteiger partial charge in [0.15, 0.2) is 5.16 Å². The van der Waals surface area contributed by atoms with Crippen molar-refractivity contribution in [1.82, 2.24) is 13.9 Å². The maximum atomic E-state index is 13.4. The van der Waals surface area contributed by atoms with E-state index in [1.807, 2.05) is 11.5 Å². The summed E-state index contributed by atoms with van der Waals surface area (Å²) in [6.07, 6.45) is 4.47. The van der Waals surface area contributed by atoms with E-state index in [0.29, 0.717) is 30.3 Å². The molecule has 0 radical (unpaired) electrons. The Hall–Kier alpha value is -2.45. The number of aromatic nitrogens is 2. The summed E-state index contributed by atoms with van der Waals surface area (Å²) >= 11 is 1.21. The van der Waals surface area contributed by atoms with E-state index in [4.69, 9.17) is 5.14 Å². The highest BCUT2D eigenvalue weighted by molar-refractivity contribution is 7.99. The number of nitrogens with one attached hydrogen (secondary N) is 1. The molecule has 0 aliphatic carbocycles. The van der Waals surface area contributed by atoms with Crippen molar-refractivity contribution in [3.63, 3.8) is 0 Å². The summed E-state index contributed by atoms with van der Waals surface area (Å²) in [6.45, 7) is 5.48. The first-order valence-corrected chi connectivity index (χ1v) is 16.5. The van der Waals surface area contributed by atoms with Gasteiger partial charge >= 0.3 is 0 Å². The predicted molar refractivity (Wildman–Crippen MR) is 149 cm³/mol. The lowest BCUT2D eigenvalue weighted by Crippen LogP contribution is -2.36. The zero-order chi connectivity index (χ0) is 27.5. The van der Waals surface area contributed by atoms with E-state index in [1.165, 1.54) is 28.2 Å². The minimum Gasteiger partial charge on any atom is -0.324 e. The van der Waals surface area contributed by atoms with Crippen molar-refractivity contribution in [2.75, 3.05) is 24.2 Å². The van der Waals surface area contributed by atoms with Gasteiger partial charge in [0.2, 0.25) is 26.0 Å². The highest BCUT2D eigenvalue weighted by Gasteiger charge is 2.29. The summed E-state index contributed by atoms with van der Waals surface area (Å²) in [5, 5.41) is 8.63. The van der Waals surface area contributed by atoms with Gasteiger partial charge in [-0.3, -0.25) is 4.79 Å². The molecule has 0 saturated carbocycles. The molecule has 13 heteroatoms. The molecule has 0 bridgehead atoms. The number of fused-ring (bicyclic) bond motifs is 1. The lowest BCUT2D eigenvalue weighted by molar-refractivity contribution is -0.113. The number of nitrogens with two attached hydrogens (primary N) is 1. The first-order valence-electron chi connectivity index (χ1n) is 12.6. The van der Waals surface area contributed by atoms with Crippen LogP contribution < -0.4 is 10.5 Å². The second kappa shape index (κ2) is 11.7. The Morgan fingerprint density at radius 1 is 1.08 bits per heavy atom. The van der Waals surface area contributed by atoms with E-state index >= 15 is 0 Å². The van der Waals surface area contributed by atoms with E-state index in [1.54, 1.807) is 24.3 Å². The fourth-order valence-corrected chi connectivity index (χ4v) is 7.54. The van der Waals surface area contributed by atoms with Crippen LogP contribution in [0.25, 0.3) is 11.0 Å². The average Bonchev–Trinajstić information content (AvgIpc) is 3.23. The minimum absolute atomic E-state index is 0.00539. The number of nitrogens with zero attached hydrogens (tertiary/aromatic N) is 3. The molecule has 0 spiro atoms. The molecule has 2 heterocycles. The molecule has 1 aromatic heterocycles. The summed E-state index contributed by atoms with van der Waals surface area (Å²) in [5.74, 6) is -0.373. The smallest absolute Gasteiger partial charge is 0.245 e. The van der Waals surface area contributed by atoms with Crippen LogP contribution in [0.1, 0.15) is 44.6 Å². The minimum atomic E-state index is -3.88. The Labute approximate surface area is 228 Å². The molecule has 1 saturated heterocycles. The normalized spacial score (nSPS) is 15.1. The lowest BCUT2D eigenvalue weighted by Gasteiger charge is -2.27. The molecule has 3 N–H and O–H groups in total. The molecule has 10 nitrogen and oxygen atoms in total. The number of primary sulfonamides is 1. The Kier molecular flexibility index (Phi) is 8.82. The van der Waals surface area contributed by atoms with Crippen molar-refractivity contribution in [2.45, 2.75) is 67.4 Å². The maximum Gasteiger partial charge on any atom is 0.245 e. The number of sulfonamides is 2. The molecule has 0 unspecified atom stereocenters. The number of anilines is 1. The predicted octanol–water partition coefficient (Wildman–Crippen LogP) is 3.70. The molecule has 38 heavy (non-hydrogen) atoms. The summed E-state index contributed by atoms with van der Waals surface area (Å²) in [5.41, 5.74) is 2.27. The topological polar surface area (TPSA) is 144 Å². The number of rotatable bonds is 10. The number of hydrogen-bond donors (Lipinski definition) is 2. The van der Waals surface area contributed by atoms with Crippen molar-refractivity contribution in [3.05, 3.63) is 42.0 Å². The maximum absolute atomic E-state index is 13.4. The van der Waals surface area contributed by atoms with Crippen molar-refractivity contribution >= 4 is 54.4 Å². The number of hydrogen-bond acceptors (Lipinski definition) is 7. The summed E-state index contributed by atoms with van der Waals surface area (Å²) in [4.78, 5) is 17.6. The van der Waals surface area contributed by atoms with Crippen LogP contribution in [0.5, 0.6) is 0 Å². The molecule has 1 fully saturated rings. The first-order chi connectivity index (χ1) is 18.0. The Morgan fingerprint density at radius 3 is 2.50 bits per heavy atom. The molecule has 0 atom stereocenters. The number of thioether (sulfide) groups is 1. The van der Waals surface area contributed by atoms with E-state index in [0.717, 1.165) is 43.2 Å². The highest BCUT2D eigenvalue weighted by atomic mass is 32.2. The average molecular weight is 580 g/mol. The number of benzene rings is 2. The number of carbonyl (C=O) groups is 1. The van der Waals surface area contributed by atoms with Crippen LogP contribution in [0.2, 0.25) is 0 Å². The molecule has 4 rings (SSSR count). The van der Waals surface area contributed by atoms with Crippen molar-refractivity contribution < 1.29 is 21.6 Å². The Bertz CT molecular complexity index is 1540. The van der Waals surface area contributed by atoms with Gasteiger partial charge in [-0.1, -0.05) is 37.6 Å². The van der Waals surface area contributed by atoms with Gasteiger partial charge in [0.25, 0.3) is 0 Å². The van der Waals surface area contributed by atoms with Gasteiger partial charge < -0.3 is 9.88 Å². The molecular weight excluding hydrogens is 547 g/mol. The monoisotopic (exact) mass is 579 g/mol. The number of amides is 1. The van der Waals surface area contributed by atoms with Crippen LogP contribution >= 0.6 is 11.8 Å². The third kappa shape index (κ3) is 6.40. The van der Waals surface area contributed by atoms with E-state index in [2.05, 4.69) is 17.2 Å². The second-order valence-corrected chi connectivity index (χ2v) is 13.8. The molecule has 1 aliphatic heterocycles. The molecule has 1 amide bonds. The number of unbranched alkanes of at least 4 members (excludes halogenated alkanes) is 1. The van der Waals surface area contributed by atoms with Crippen LogP contribution in [-0.2, 0) is 31.4 Å². The molecule has 1 aliphatic rings. The zero-order valence-electron chi connectivity index (χ0n) is 21.5. The number of piperidine rings is 1. The fraction of sp³-hybridized carbons (Fsp3) is 0.440. The van der Waals surface area contributed by atoms with E-state index in [9.17, 15) is 21.6 Å². The standard InChI is InChI=1S/C25H33N5O5S3/c1-3-4-14-30-22-11-9-19(37(26,32)33)16-21(22)28-25(30)36-17-24(31)27-20-10-8-18(2)15-23(20)38(34,35)29-12-6-5-7-13-29/h8-11,15-16H,3-7,12-14,17H2,1-2H3,(H,27,31)(H2,26,32,33). The van der Waals surface area contributed by atoms with Crippen LogP contribution in [0.3, 0.4) is 0 Å². The van der Waals surface area contributed by atoms with Gasteiger partial charge in [-0.05, 0) is 62.1 Å². The van der Waals surface area contributed by atoms with Gasteiger partial charge in [-0.2, -0.15) is 4.31 Å². The Morgan fingerprint density at radius 2 is 1.82 bits per heavy atom. The third-order valence-corrected chi connectivity index (χ3v) is 10.3.